The number of ether oxygens (including phenoxy) is 3. The zero-order valence-corrected chi connectivity index (χ0v) is 50.9. The van der Waals surface area contributed by atoms with Crippen LogP contribution in [0.15, 0.2) is 122 Å². The lowest BCUT2D eigenvalue weighted by Gasteiger charge is -2.18. The van der Waals surface area contributed by atoms with E-state index in [0.717, 1.165) is 128 Å². The van der Waals surface area contributed by atoms with Crippen LogP contribution in [0.2, 0.25) is 0 Å². The van der Waals surface area contributed by atoms with Gasteiger partial charge in [0.25, 0.3) is 0 Å². The summed E-state index contributed by atoms with van der Waals surface area (Å²) in [4.78, 5) is 38.3. The number of carbonyl (C=O) groups is 3. The van der Waals surface area contributed by atoms with Crippen LogP contribution in [0.4, 0.5) is 0 Å². The molecule has 6 heteroatoms. The van der Waals surface area contributed by atoms with Crippen LogP contribution >= 0.6 is 0 Å². The Bertz CT molecular complexity index is 1620. The first-order chi connectivity index (χ1) is 38.5. The largest absolute Gasteiger partial charge is 0.462 e. The Hall–Kier alpha value is -4.19. The van der Waals surface area contributed by atoms with Crippen molar-refractivity contribution in [2.24, 2.45) is 0 Å². The van der Waals surface area contributed by atoms with Crippen molar-refractivity contribution in [2.45, 2.75) is 303 Å². The SMILES string of the molecule is CC/C=C\C/C=C\C/C=C\C/C=C\C/C=C\C/C=C\C/C=C\C/C=C\CCCCCCCCC(=O)OCC(COC(=O)CCCCCCC/C=C\CCCCC)OC(=O)CCCCCCCCC/C=C\CCCCCCCC. The van der Waals surface area contributed by atoms with E-state index in [0.29, 0.717) is 19.3 Å². The van der Waals surface area contributed by atoms with Gasteiger partial charge < -0.3 is 14.2 Å². The maximum atomic E-state index is 12.9. The molecule has 0 fully saturated rings. The van der Waals surface area contributed by atoms with Gasteiger partial charge in [-0.3, -0.25) is 14.4 Å². The summed E-state index contributed by atoms with van der Waals surface area (Å²) in [5.41, 5.74) is 0. The quantitative estimate of drug-likeness (QED) is 0.0261. The standard InChI is InChI=1S/C72H120O6/c1-4-7-10-13-16-19-22-25-27-29-30-31-32-33-34-35-36-37-38-39-40-41-42-44-45-47-50-53-56-59-62-65-71(74)77-68-69(67-76-70(73)64-61-58-55-52-49-24-21-18-15-12-9-6-3)78-72(75)66-63-60-57-54-51-48-46-43-28-26-23-20-17-14-11-8-5-2/h7,10,16,18-19,21,25-28,30-31,33-34,36-37,39-40,42,44,69H,4-6,8-9,11-15,17,20,22-24,29,32,35,38,41,43,45-68H2,1-3H3/b10-7-,19-16-,21-18-,27-25-,28-26-,31-30-,34-33-,37-36-,40-39-,44-42-. The van der Waals surface area contributed by atoms with Crippen LogP contribution < -0.4 is 0 Å². The minimum atomic E-state index is -0.793. The zero-order chi connectivity index (χ0) is 56.4. The zero-order valence-electron chi connectivity index (χ0n) is 50.9. The van der Waals surface area contributed by atoms with Crippen molar-refractivity contribution in [3.05, 3.63) is 122 Å². The van der Waals surface area contributed by atoms with Gasteiger partial charge in [0.05, 0.1) is 0 Å². The molecule has 0 rings (SSSR count). The molecule has 78 heavy (non-hydrogen) atoms. The summed E-state index contributed by atoms with van der Waals surface area (Å²) in [6, 6.07) is 0. The molecule has 0 aromatic rings. The minimum Gasteiger partial charge on any atom is -0.462 e. The average molecular weight is 1080 g/mol. The fourth-order valence-corrected chi connectivity index (χ4v) is 8.80. The van der Waals surface area contributed by atoms with Crippen molar-refractivity contribution in [3.63, 3.8) is 0 Å². The smallest absolute Gasteiger partial charge is 0.306 e. The molecule has 0 saturated heterocycles. The van der Waals surface area contributed by atoms with E-state index in [1.807, 2.05) is 0 Å². The minimum absolute atomic E-state index is 0.0896. The highest BCUT2D eigenvalue weighted by Gasteiger charge is 2.19. The highest BCUT2D eigenvalue weighted by molar-refractivity contribution is 5.71. The van der Waals surface area contributed by atoms with E-state index in [1.54, 1.807) is 0 Å². The van der Waals surface area contributed by atoms with Crippen LogP contribution in [0.25, 0.3) is 0 Å². The first kappa shape index (κ1) is 73.8. The molecular weight excluding hydrogens is 961 g/mol. The monoisotopic (exact) mass is 1080 g/mol. The predicted octanol–water partition coefficient (Wildman–Crippen LogP) is 22.4. The van der Waals surface area contributed by atoms with Crippen LogP contribution in [-0.2, 0) is 28.6 Å². The molecule has 0 spiro atoms. The van der Waals surface area contributed by atoms with E-state index >= 15 is 0 Å². The van der Waals surface area contributed by atoms with Gasteiger partial charge in [0, 0.05) is 19.3 Å². The van der Waals surface area contributed by atoms with E-state index < -0.39 is 6.10 Å². The van der Waals surface area contributed by atoms with Crippen molar-refractivity contribution in [3.8, 4) is 0 Å². The molecule has 0 aliphatic rings. The first-order valence-corrected chi connectivity index (χ1v) is 32.5. The summed E-state index contributed by atoms with van der Waals surface area (Å²) in [5, 5.41) is 0. The third-order valence-electron chi connectivity index (χ3n) is 13.7. The maximum Gasteiger partial charge on any atom is 0.306 e. The molecule has 0 heterocycles. The molecular formula is C72H120O6. The van der Waals surface area contributed by atoms with Crippen molar-refractivity contribution >= 4 is 17.9 Å². The lowest BCUT2D eigenvalue weighted by molar-refractivity contribution is -0.167. The van der Waals surface area contributed by atoms with E-state index in [2.05, 4.69) is 142 Å². The van der Waals surface area contributed by atoms with Crippen molar-refractivity contribution in [1.82, 2.24) is 0 Å². The first-order valence-electron chi connectivity index (χ1n) is 32.5. The second-order valence-electron chi connectivity index (χ2n) is 21.3. The molecule has 0 aromatic heterocycles. The Balaban J connectivity index is 4.32. The van der Waals surface area contributed by atoms with Gasteiger partial charge in [0.15, 0.2) is 6.10 Å². The van der Waals surface area contributed by atoms with Crippen molar-refractivity contribution in [1.29, 1.82) is 0 Å². The Morgan fingerprint density at radius 3 is 0.821 bits per heavy atom. The maximum absolute atomic E-state index is 12.9. The molecule has 0 N–H and O–H groups in total. The van der Waals surface area contributed by atoms with Crippen LogP contribution in [-0.4, -0.2) is 37.2 Å². The summed E-state index contributed by atoms with van der Waals surface area (Å²) in [6.07, 6.45) is 90.6. The van der Waals surface area contributed by atoms with Crippen LogP contribution in [0, 0.1) is 0 Å². The van der Waals surface area contributed by atoms with Gasteiger partial charge in [-0.25, -0.2) is 0 Å². The molecule has 0 aliphatic heterocycles. The molecule has 0 radical (unpaired) electrons. The van der Waals surface area contributed by atoms with Gasteiger partial charge in [-0.05, 0) is 135 Å². The van der Waals surface area contributed by atoms with Gasteiger partial charge in [0.2, 0.25) is 0 Å². The number of unbranched alkanes of at least 4 members (excludes halogenated alkanes) is 27. The van der Waals surface area contributed by atoms with E-state index in [-0.39, 0.29) is 31.1 Å². The normalized spacial score (nSPS) is 12.9. The van der Waals surface area contributed by atoms with E-state index in [4.69, 9.17) is 14.2 Å². The van der Waals surface area contributed by atoms with Crippen LogP contribution in [0.1, 0.15) is 297 Å². The second-order valence-corrected chi connectivity index (χ2v) is 21.3. The third kappa shape index (κ3) is 62.7. The summed E-state index contributed by atoms with van der Waals surface area (Å²) in [5.74, 6) is -0.913. The number of allylic oxidation sites excluding steroid dienone is 20. The fourth-order valence-electron chi connectivity index (χ4n) is 8.80. The summed E-state index contributed by atoms with van der Waals surface area (Å²) >= 11 is 0. The lowest BCUT2D eigenvalue weighted by Crippen LogP contribution is -2.30. The number of hydrogen-bond donors (Lipinski definition) is 0. The van der Waals surface area contributed by atoms with Crippen molar-refractivity contribution < 1.29 is 28.6 Å². The number of rotatable bonds is 58. The van der Waals surface area contributed by atoms with Crippen LogP contribution in [0.5, 0.6) is 0 Å². The topological polar surface area (TPSA) is 78.9 Å². The summed E-state index contributed by atoms with van der Waals surface area (Å²) in [7, 11) is 0. The Kier molecular flexibility index (Phi) is 61.8. The van der Waals surface area contributed by atoms with E-state index in [9.17, 15) is 14.4 Å². The fraction of sp³-hybridized carbons (Fsp3) is 0.681. The second kappa shape index (κ2) is 65.3. The summed E-state index contributed by atoms with van der Waals surface area (Å²) < 4.78 is 16.9. The highest BCUT2D eigenvalue weighted by Crippen LogP contribution is 2.15. The molecule has 0 aromatic carbocycles. The highest BCUT2D eigenvalue weighted by atomic mass is 16.6. The molecule has 0 bridgehead atoms. The van der Waals surface area contributed by atoms with Crippen LogP contribution in [0.3, 0.4) is 0 Å². The number of esters is 3. The van der Waals surface area contributed by atoms with Gasteiger partial charge in [0.1, 0.15) is 13.2 Å². The number of hydrogen-bond acceptors (Lipinski definition) is 6. The van der Waals surface area contributed by atoms with E-state index in [1.165, 1.54) is 128 Å². The molecule has 0 amide bonds. The Morgan fingerprint density at radius 2 is 0.500 bits per heavy atom. The van der Waals surface area contributed by atoms with Gasteiger partial charge >= 0.3 is 17.9 Å². The lowest BCUT2D eigenvalue weighted by atomic mass is 10.1. The molecule has 1 unspecified atom stereocenters. The van der Waals surface area contributed by atoms with Gasteiger partial charge in [-0.1, -0.05) is 264 Å². The van der Waals surface area contributed by atoms with Gasteiger partial charge in [-0.2, -0.15) is 0 Å². The Labute approximate surface area is 482 Å². The predicted molar refractivity (Wildman–Crippen MR) is 339 cm³/mol. The number of carbonyl (C=O) groups excluding carboxylic acids is 3. The Morgan fingerprint density at radius 1 is 0.269 bits per heavy atom. The molecule has 0 aliphatic carbocycles. The molecule has 444 valence electrons. The van der Waals surface area contributed by atoms with Gasteiger partial charge in [-0.15, -0.1) is 0 Å². The molecule has 6 nitrogen and oxygen atoms in total. The van der Waals surface area contributed by atoms with Crippen molar-refractivity contribution in [2.75, 3.05) is 13.2 Å². The average Bonchev–Trinajstić information content (AvgIpc) is 3.44. The molecule has 1 atom stereocenters. The summed E-state index contributed by atoms with van der Waals surface area (Å²) in [6.45, 7) is 6.49. The molecule has 0 saturated carbocycles. The third-order valence-corrected chi connectivity index (χ3v) is 13.7.